The van der Waals surface area contributed by atoms with E-state index in [9.17, 15) is 4.79 Å². The average molecular weight is 267 g/mol. The molecule has 4 nitrogen and oxygen atoms in total. The summed E-state index contributed by atoms with van der Waals surface area (Å²) in [5.41, 5.74) is 0. The molecule has 0 bridgehead atoms. The van der Waals surface area contributed by atoms with E-state index in [1.165, 1.54) is 32.2 Å². The van der Waals surface area contributed by atoms with E-state index in [4.69, 9.17) is 0 Å². The highest BCUT2D eigenvalue weighted by atomic mass is 16.2. The van der Waals surface area contributed by atoms with E-state index >= 15 is 0 Å². The lowest BCUT2D eigenvalue weighted by Gasteiger charge is -2.36. The average Bonchev–Trinajstić information content (AvgIpc) is 2.94. The van der Waals surface area contributed by atoms with Crippen LogP contribution in [-0.2, 0) is 4.79 Å². The molecule has 1 N–H and O–H groups in total. The molecule has 2 rings (SSSR count). The molecule has 2 aliphatic heterocycles. The van der Waals surface area contributed by atoms with Crippen molar-refractivity contribution in [2.45, 2.75) is 45.6 Å². The van der Waals surface area contributed by atoms with Crippen LogP contribution >= 0.6 is 0 Å². The molecule has 19 heavy (non-hydrogen) atoms. The van der Waals surface area contributed by atoms with E-state index in [0.29, 0.717) is 18.5 Å². The van der Waals surface area contributed by atoms with Gasteiger partial charge in [-0.25, -0.2) is 0 Å². The van der Waals surface area contributed by atoms with Crippen LogP contribution in [0, 0.1) is 5.92 Å². The Balaban J connectivity index is 1.81. The van der Waals surface area contributed by atoms with E-state index in [-0.39, 0.29) is 0 Å². The van der Waals surface area contributed by atoms with Crippen LogP contribution in [0.2, 0.25) is 0 Å². The summed E-state index contributed by atoms with van der Waals surface area (Å²) in [4.78, 5) is 16.5. The first-order valence-corrected chi connectivity index (χ1v) is 7.98. The van der Waals surface area contributed by atoms with Gasteiger partial charge < -0.3 is 10.2 Å². The Morgan fingerprint density at radius 1 is 1.26 bits per heavy atom. The van der Waals surface area contributed by atoms with Gasteiger partial charge in [0, 0.05) is 25.7 Å². The SMILES string of the molecule is CCN(CC)C(=O)CN1CCCC(C2CCCN2)C1. The topological polar surface area (TPSA) is 35.6 Å². The number of likely N-dealkylation sites (tertiary alicyclic amines) is 1. The van der Waals surface area contributed by atoms with Crippen LogP contribution in [0.25, 0.3) is 0 Å². The molecule has 0 aromatic heterocycles. The molecular formula is C15H29N3O. The van der Waals surface area contributed by atoms with Crippen LogP contribution in [0.4, 0.5) is 0 Å². The molecule has 0 aromatic carbocycles. The summed E-state index contributed by atoms with van der Waals surface area (Å²) in [5, 5.41) is 3.62. The van der Waals surface area contributed by atoms with Crippen molar-refractivity contribution in [1.29, 1.82) is 0 Å². The Morgan fingerprint density at radius 3 is 2.68 bits per heavy atom. The van der Waals surface area contributed by atoms with Gasteiger partial charge in [0.1, 0.15) is 0 Å². The van der Waals surface area contributed by atoms with Gasteiger partial charge in [0.2, 0.25) is 5.91 Å². The molecule has 2 saturated heterocycles. The zero-order chi connectivity index (χ0) is 13.7. The molecule has 2 atom stereocenters. The third-order valence-electron chi connectivity index (χ3n) is 4.68. The number of hydrogen-bond donors (Lipinski definition) is 1. The van der Waals surface area contributed by atoms with Crippen LogP contribution in [0.5, 0.6) is 0 Å². The molecule has 2 aliphatic rings. The highest BCUT2D eigenvalue weighted by Gasteiger charge is 2.29. The van der Waals surface area contributed by atoms with Gasteiger partial charge in [-0.2, -0.15) is 0 Å². The molecule has 0 aromatic rings. The maximum atomic E-state index is 12.2. The highest BCUT2D eigenvalue weighted by Crippen LogP contribution is 2.24. The van der Waals surface area contributed by atoms with Crippen LogP contribution in [0.1, 0.15) is 39.5 Å². The van der Waals surface area contributed by atoms with Crippen molar-refractivity contribution >= 4 is 5.91 Å². The van der Waals surface area contributed by atoms with Gasteiger partial charge in [-0.05, 0) is 58.5 Å². The molecular weight excluding hydrogens is 238 g/mol. The Bertz CT molecular complexity index is 285. The summed E-state index contributed by atoms with van der Waals surface area (Å²) < 4.78 is 0. The first-order chi connectivity index (χ1) is 9.24. The number of amides is 1. The van der Waals surface area contributed by atoms with Crippen molar-refractivity contribution in [3.05, 3.63) is 0 Å². The van der Waals surface area contributed by atoms with Crippen molar-refractivity contribution in [2.75, 3.05) is 39.3 Å². The summed E-state index contributed by atoms with van der Waals surface area (Å²) in [7, 11) is 0. The number of hydrogen-bond acceptors (Lipinski definition) is 3. The molecule has 0 spiro atoms. The highest BCUT2D eigenvalue weighted by molar-refractivity contribution is 5.78. The monoisotopic (exact) mass is 267 g/mol. The van der Waals surface area contributed by atoms with E-state index in [1.54, 1.807) is 0 Å². The minimum Gasteiger partial charge on any atom is -0.342 e. The maximum Gasteiger partial charge on any atom is 0.236 e. The quantitative estimate of drug-likeness (QED) is 0.816. The molecule has 1 amide bonds. The standard InChI is InChI=1S/C15H29N3O/c1-3-18(4-2)15(19)12-17-10-6-7-13(11-17)14-8-5-9-16-14/h13-14,16H,3-12H2,1-2H3. The van der Waals surface area contributed by atoms with Crippen LogP contribution < -0.4 is 5.32 Å². The Morgan fingerprint density at radius 2 is 2.05 bits per heavy atom. The van der Waals surface area contributed by atoms with Crippen molar-refractivity contribution in [1.82, 2.24) is 15.1 Å². The van der Waals surface area contributed by atoms with Crippen molar-refractivity contribution in [2.24, 2.45) is 5.92 Å². The molecule has 2 fully saturated rings. The summed E-state index contributed by atoms with van der Waals surface area (Å²) in [6.07, 6.45) is 5.21. The number of piperidine rings is 1. The molecule has 0 saturated carbocycles. The number of likely N-dealkylation sites (N-methyl/N-ethyl adjacent to an activating group) is 1. The van der Waals surface area contributed by atoms with E-state index < -0.39 is 0 Å². The third-order valence-corrected chi connectivity index (χ3v) is 4.68. The second-order valence-corrected chi connectivity index (χ2v) is 5.91. The lowest BCUT2D eigenvalue weighted by molar-refractivity contribution is -0.132. The molecule has 2 unspecified atom stereocenters. The van der Waals surface area contributed by atoms with Gasteiger partial charge in [0.05, 0.1) is 6.54 Å². The van der Waals surface area contributed by atoms with E-state index in [0.717, 1.165) is 32.1 Å². The van der Waals surface area contributed by atoms with E-state index in [1.807, 2.05) is 4.90 Å². The van der Waals surface area contributed by atoms with Gasteiger partial charge in [-0.15, -0.1) is 0 Å². The number of carbonyl (C=O) groups excluding carboxylic acids is 1. The van der Waals surface area contributed by atoms with Crippen molar-refractivity contribution in [3.63, 3.8) is 0 Å². The van der Waals surface area contributed by atoms with Crippen LogP contribution in [-0.4, -0.2) is 61.0 Å². The zero-order valence-corrected chi connectivity index (χ0v) is 12.5. The number of nitrogens with zero attached hydrogens (tertiary/aromatic N) is 2. The summed E-state index contributed by atoms with van der Waals surface area (Å²) >= 11 is 0. The number of rotatable bonds is 5. The van der Waals surface area contributed by atoms with Gasteiger partial charge >= 0.3 is 0 Å². The smallest absolute Gasteiger partial charge is 0.236 e. The lowest BCUT2D eigenvalue weighted by atomic mass is 9.90. The first-order valence-electron chi connectivity index (χ1n) is 7.98. The molecule has 0 aliphatic carbocycles. The predicted octanol–water partition coefficient (Wildman–Crippen LogP) is 1.32. The first kappa shape index (κ1) is 14.8. The van der Waals surface area contributed by atoms with E-state index in [2.05, 4.69) is 24.1 Å². The van der Waals surface area contributed by atoms with Crippen LogP contribution in [0.15, 0.2) is 0 Å². The fourth-order valence-electron chi connectivity index (χ4n) is 3.54. The predicted molar refractivity (Wildman–Crippen MR) is 78.1 cm³/mol. The van der Waals surface area contributed by atoms with Gasteiger partial charge in [-0.3, -0.25) is 9.69 Å². The second kappa shape index (κ2) is 7.25. The summed E-state index contributed by atoms with van der Waals surface area (Å²) in [6, 6.07) is 0.700. The molecule has 4 heteroatoms. The molecule has 2 heterocycles. The minimum atomic E-state index is 0.296. The number of carbonyl (C=O) groups is 1. The molecule has 110 valence electrons. The maximum absolute atomic E-state index is 12.2. The Hall–Kier alpha value is -0.610. The van der Waals surface area contributed by atoms with Gasteiger partial charge in [-0.1, -0.05) is 0 Å². The minimum absolute atomic E-state index is 0.296. The fourth-order valence-corrected chi connectivity index (χ4v) is 3.54. The van der Waals surface area contributed by atoms with Gasteiger partial charge in [0.25, 0.3) is 0 Å². The second-order valence-electron chi connectivity index (χ2n) is 5.91. The van der Waals surface area contributed by atoms with Crippen molar-refractivity contribution < 1.29 is 4.79 Å². The summed E-state index contributed by atoms with van der Waals surface area (Å²) in [6.45, 7) is 9.77. The third kappa shape index (κ3) is 3.93. The normalized spacial score (nSPS) is 28.5. The molecule has 0 radical (unpaired) electrons. The lowest BCUT2D eigenvalue weighted by Crippen LogP contribution is -2.47. The van der Waals surface area contributed by atoms with Gasteiger partial charge in [0.15, 0.2) is 0 Å². The zero-order valence-electron chi connectivity index (χ0n) is 12.5. The summed E-state index contributed by atoms with van der Waals surface area (Å²) in [5.74, 6) is 1.05. The van der Waals surface area contributed by atoms with Crippen LogP contribution in [0.3, 0.4) is 0 Å². The Kier molecular flexibility index (Phi) is 5.64. The number of nitrogens with one attached hydrogen (secondary N) is 1. The fraction of sp³-hybridized carbons (Fsp3) is 0.933. The van der Waals surface area contributed by atoms with Crippen molar-refractivity contribution in [3.8, 4) is 0 Å². The largest absolute Gasteiger partial charge is 0.342 e. The Labute approximate surface area is 117 Å².